The van der Waals surface area contributed by atoms with Crippen LogP contribution in [0, 0.1) is 0 Å². The fourth-order valence-corrected chi connectivity index (χ4v) is 3.80. The minimum absolute atomic E-state index is 0.0670. The highest BCUT2D eigenvalue weighted by Gasteiger charge is 2.33. The number of β-amino-alcohol motifs (C(OH)–C–C–N with tert-alkyl or cyclic N) is 1. The van der Waals surface area contributed by atoms with Crippen LogP contribution in [0.2, 0.25) is 0 Å². The molecule has 0 unspecified atom stereocenters. The number of H-pyrrole nitrogens is 1. The van der Waals surface area contributed by atoms with Crippen LogP contribution in [0.25, 0.3) is 10.9 Å². The molecule has 1 aromatic heterocycles. The van der Waals surface area contributed by atoms with Crippen molar-refractivity contribution in [3.8, 4) is 5.75 Å². The first-order chi connectivity index (χ1) is 13.7. The highest BCUT2D eigenvalue weighted by Crippen LogP contribution is 2.19. The van der Waals surface area contributed by atoms with E-state index < -0.39 is 6.10 Å². The molecule has 1 amide bonds. The number of fused-ring (bicyclic) bond motifs is 1. The van der Waals surface area contributed by atoms with Gasteiger partial charge in [-0.2, -0.15) is 0 Å². The second kappa shape index (κ2) is 8.04. The van der Waals surface area contributed by atoms with E-state index in [0.717, 1.165) is 24.2 Å². The van der Waals surface area contributed by atoms with Gasteiger partial charge in [0.05, 0.1) is 19.3 Å². The zero-order valence-corrected chi connectivity index (χ0v) is 15.9. The number of aliphatic hydroxyl groups excluding tert-OH is 1. The average Bonchev–Trinajstić information content (AvgIpc) is 3.31. The first-order valence-corrected chi connectivity index (χ1v) is 9.55. The van der Waals surface area contributed by atoms with Crippen LogP contribution in [0.15, 0.2) is 54.7 Å². The second-order valence-corrected chi connectivity index (χ2v) is 7.18. The summed E-state index contributed by atoms with van der Waals surface area (Å²) in [5.41, 5.74) is 2.99. The summed E-state index contributed by atoms with van der Waals surface area (Å²) in [5, 5.41) is 15.0. The molecule has 28 heavy (non-hydrogen) atoms. The van der Waals surface area contributed by atoms with Crippen LogP contribution in [0.3, 0.4) is 0 Å². The van der Waals surface area contributed by atoms with Gasteiger partial charge in [-0.05, 0) is 48.9 Å². The lowest BCUT2D eigenvalue weighted by Gasteiger charge is -2.17. The third-order valence-electron chi connectivity index (χ3n) is 5.39. The van der Waals surface area contributed by atoms with E-state index in [-0.39, 0.29) is 11.9 Å². The number of amides is 1. The molecule has 2 aromatic carbocycles. The van der Waals surface area contributed by atoms with Gasteiger partial charge in [-0.1, -0.05) is 18.2 Å². The monoisotopic (exact) mass is 379 g/mol. The molecule has 1 aliphatic heterocycles. The molecule has 1 aliphatic rings. The molecule has 2 atom stereocenters. The Morgan fingerprint density at radius 1 is 1.21 bits per heavy atom. The van der Waals surface area contributed by atoms with Crippen LogP contribution in [0.1, 0.15) is 15.9 Å². The molecule has 0 saturated carbocycles. The summed E-state index contributed by atoms with van der Waals surface area (Å²) in [7, 11) is 1.60. The Morgan fingerprint density at radius 3 is 2.79 bits per heavy atom. The molecule has 1 saturated heterocycles. The van der Waals surface area contributed by atoms with Gasteiger partial charge in [-0.3, -0.25) is 4.79 Å². The molecule has 6 nitrogen and oxygen atoms in total. The molecule has 2 heterocycles. The molecule has 0 spiro atoms. The molecule has 0 bridgehead atoms. The number of hydrogen-bond acceptors (Lipinski definition) is 4. The Labute approximate surface area is 164 Å². The fourth-order valence-electron chi connectivity index (χ4n) is 3.80. The summed E-state index contributed by atoms with van der Waals surface area (Å²) in [4.78, 5) is 17.7. The number of likely N-dealkylation sites (tertiary alicyclic amines) is 1. The molecule has 3 N–H and O–H groups in total. The predicted octanol–water partition coefficient (Wildman–Crippen LogP) is 2.19. The topological polar surface area (TPSA) is 77.6 Å². The number of nitrogens with one attached hydrogen (secondary N) is 2. The maximum atomic E-state index is 12.7. The van der Waals surface area contributed by atoms with Crippen molar-refractivity contribution in [3.05, 3.63) is 65.9 Å². The van der Waals surface area contributed by atoms with Gasteiger partial charge in [0, 0.05) is 35.8 Å². The quantitative estimate of drug-likeness (QED) is 0.614. The van der Waals surface area contributed by atoms with Gasteiger partial charge in [0.2, 0.25) is 0 Å². The minimum Gasteiger partial charge on any atom is -0.497 e. The number of para-hydroxylation sites is 1. The summed E-state index contributed by atoms with van der Waals surface area (Å²) < 4.78 is 5.13. The van der Waals surface area contributed by atoms with Crippen molar-refractivity contribution >= 4 is 16.8 Å². The van der Waals surface area contributed by atoms with Crippen LogP contribution in [-0.2, 0) is 6.42 Å². The van der Waals surface area contributed by atoms with Crippen LogP contribution >= 0.6 is 0 Å². The van der Waals surface area contributed by atoms with E-state index >= 15 is 0 Å². The van der Waals surface area contributed by atoms with Gasteiger partial charge < -0.3 is 25.0 Å². The number of carbonyl (C=O) groups is 1. The number of hydrogen-bond donors (Lipinski definition) is 3. The van der Waals surface area contributed by atoms with Gasteiger partial charge in [-0.25, -0.2) is 0 Å². The second-order valence-electron chi connectivity index (χ2n) is 7.18. The first kappa shape index (κ1) is 18.5. The lowest BCUT2D eigenvalue weighted by molar-refractivity contribution is 0.0765. The maximum Gasteiger partial charge on any atom is 0.254 e. The minimum atomic E-state index is -0.565. The summed E-state index contributed by atoms with van der Waals surface area (Å²) in [6.07, 6.45) is 2.33. The van der Waals surface area contributed by atoms with Crippen molar-refractivity contribution in [3.63, 3.8) is 0 Å². The van der Waals surface area contributed by atoms with Gasteiger partial charge in [0.25, 0.3) is 5.91 Å². The Morgan fingerprint density at radius 2 is 2.00 bits per heavy atom. The third-order valence-corrected chi connectivity index (χ3v) is 5.39. The lowest BCUT2D eigenvalue weighted by Crippen LogP contribution is -2.40. The molecule has 146 valence electrons. The summed E-state index contributed by atoms with van der Waals surface area (Å²) in [5.74, 6) is 0.650. The Kier molecular flexibility index (Phi) is 5.32. The standard InChI is InChI=1S/C22H25N3O3/c1-28-17-8-6-15(7-9-17)22(27)25-13-20(21(26)14-25)23-11-10-16-12-24-19-5-3-2-4-18(16)19/h2-9,12,20-21,23-24,26H,10-11,13-14H2,1H3/t20-,21-/m1/s1. The van der Waals surface area contributed by atoms with Gasteiger partial charge in [0.1, 0.15) is 5.75 Å². The number of aliphatic hydroxyl groups is 1. The van der Waals surface area contributed by atoms with Crippen LogP contribution in [-0.4, -0.2) is 59.8 Å². The van der Waals surface area contributed by atoms with Gasteiger partial charge >= 0.3 is 0 Å². The predicted molar refractivity (Wildman–Crippen MR) is 109 cm³/mol. The summed E-state index contributed by atoms with van der Waals surface area (Å²) >= 11 is 0. The zero-order chi connectivity index (χ0) is 19.5. The number of carbonyl (C=O) groups excluding carboxylic acids is 1. The third kappa shape index (κ3) is 3.74. The van der Waals surface area contributed by atoms with Crippen molar-refractivity contribution in [1.29, 1.82) is 0 Å². The molecule has 0 radical (unpaired) electrons. The smallest absolute Gasteiger partial charge is 0.254 e. The Bertz CT molecular complexity index is 951. The van der Waals surface area contributed by atoms with E-state index in [9.17, 15) is 9.90 Å². The van der Waals surface area contributed by atoms with E-state index in [1.54, 1.807) is 36.3 Å². The fraction of sp³-hybridized carbons (Fsp3) is 0.318. The summed E-state index contributed by atoms with van der Waals surface area (Å²) in [6.45, 7) is 1.59. The number of methoxy groups -OCH3 is 1. The van der Waals surface area contributed by atoms with Crippen molar-refractivity contribution in [2.24, 2.45) is 0 Å². The van der Waals surface area contributed by atoms with Crippen LogP contribution < -0.4 is 10.1 Å². The lowest BCUT2D eigenvalue weighted by atomic mass is 10.1. The number of rotatable bonds is 6. The number of aromatic nitrogens is 1. The number of benzene rings is 2. The molecule has 0 aliphatic carbocycles. The maximum absolute atomic E-state index is 12.7. The zero-order valence-electron chi connectivity index (χ0n) is 15.9. The molecule has 1 fully saturated rings. The van der Waals surface area contributed by atoms with E-state index in [0.29, 0.717) is 18.7 Å². The number of aromatic amines is 1. The van der Waals surface area contributed by atoms with E-state index in [2.05, 4.69) is 22.4 Å². The average molecular weight is 379 g/mol. The van der Waals surface area contributed by atoms with Crippen molar-refractivity contribution in [1.82, 2.24) is 15.2 Å². The van der Waals surface area contributed by atoms with Crippen molar-refractivity contribution in [2.45, 2.75) is 18.6 Å². The highest BCUT2D eigenvalue weighted by atomic mass is 16.5. The van der Waals surface area contributed by atoms with E-state index in [1.807, 2.05) is 18.3 Å². The molecule has 3 aromatic rings. The normalized spacial score (nSPS) is 19.3. The highest BCUT2D eigenvalue weighted by molar-refractivity contribution is 5.94. The molecule has 4 rings (SSSR count). The van der Waals surface area contributed by atoms with Crippen molar-refractivity contribution < 1.29 is 14.6 Å². The van der Waals surface area contributed by atoms with Crippen LogP contribution in [0.5, 0.6) is 5.75 Å². The first-order valence-electron chi connectivity index (χ1n) is 9.55. The van der Waals surface area contributed by atoms with Gasteiger partial charge in [-0.15, -0.1) is 0 Å². The number of nitrogens with zero attached hydrogens (tertiary/aromatic N) is 1. The van der Waals surface area contributed by atoms with Crippen molar-refractivity contribution in [2.75, 3.05) is 26.7 Å². The van der Waals surface area contributed by atoms with Gasteiger partial charge in [0.15, 0.2) is 0 Å². The molecular formula is C22H25N3O3. The van der Waals surface area contributed by atoms with E-state index in [1.165, 1.54) is 10.9 Å². The number of ether oxygens (including phenoxy) is 1. The molecule has 6 heteroatoms. The largest absolute Gasteiger partial charge is 0.497 e. The Balaban J connectivity index is 1.33. The van der Waals surface area contributed by atoms with E-state index in [4.69, 9.17) is 4.74 Å². The summed E-state index contributed by atoms with van der Waals surface area (Å²) in [6, 6.07) is 15.2. The van der Waals surface area contributed by atoms with Crippen LogP contribution in [0.4, 0.5) is 0 Å². The SMILES string of the molecule is COc1ccc(C(=O)N2C[C@@H](O)[C@H](NCCc3c[nH]c4ccccc34)C2)cc1. The Hall–Kier alpha value is -2.83. The molecular weight excluding hydrogens is 354 g/mol.